The van der Waals surface area contributed by atoms with Crippen LogP contribution in [0.25, 0.3) is 0 Å². The van der Waals surface area contributed by atoms with Gasteiger partial charge in [-0.15, -0.1) is 0 Å². The first kappa shape index (κ1) is 22.2. The lowest BCUT2D eigenvalue weighted by atomic mass is 9.99. The number of carbonyl (C=O) groups excluding carboxylic acids is 1. The largest absolute Gasteiger partial charge is 0.273 e. The molecule has 0 radical (unpaired) electrons. The number of hydrogen-bond acceptors (Lipinski definition) is 4. The Bertz CT molecular complexity index is 1060. The summed E-state index contributed by atoms with van der Waals surface area (Å²) in [6.45, 7) is 8.60. The number of nitrogens with zero attached hydrogens (tertiary/aromatic N) is 2. The van der Waals surface area contributed by atoms with Gasteiger partial charge in [-0.1, -0.05) is 23.8 Å². The van der Waals surface area contributed by atoms with Crippen LogP contribution in [0.2, 0.25) is 0 Å². The number of carbonyl (C=O) groups is 1. The molecule has 0 aromatic heterocycles. The molecule has 1 heterocycles. The van der Waals surface area contributed by atoms with Crippen LogP contribution in [0.4, 0.5) is 0 Å². The molecule has 6 nitrogen and oxygen atoms in total. The molecular formula is C23H29N3O3S. The highest BCUT2D eigenvalue weighted by molar-refractivity contribution is 7.89. The van der Waals surface area contributed by atoms with Crippen LogP contribution in [-0.4, -0.2) is 37.9 Å². The molecular weight excluding hydrogens is 398 g/mol. The third-order valence-electron chi connectivity index (χ3n) is 5.67. The molecule has 0 bridgehead atoms. The molecule has 0 unspecified atom stereocenters. The summed E-state index contributed by atoms with van der Waals surface area (Å²) in [5.74, 6) is -0.673. The van der Waals surface area contributed by atoms with Gasteiger partial charge in [0.25, 0.3) is 0 Å². The third-order valence-corrected chi connectivity index (χ3v) is 7.55. The Morgan fingerprint density at radius 1 is 1.07 bits per heavy atom. The summed E-state index contributed by atoms with van der Waals surface area (Å²) < 4.78 is 27.3. The third kappa shape index (κ3) is 4.96. The zero-order valence-electron chi connectivity index (χ0n) is 18.0. The summed E-state index contributed by atoms with van der Waals surface area (Å²) in [4.78, 5) is 12.9. The van der Waals surface area contributed by atoms with Gasteiger partial charge in [-0.2, -0.15) is 9.41 Å². The fourth-order valence-corrected chi connectivity index (χ4v) is 5.14. The van der Waals surface area contributed by atoms with E-state index in [1.807, 2.05) is 26.8 Å². The monoisotopic (exact) mass is 427 g/mol. The lowest BCUT2D eigenvalue weighted by Crippen LogP contribution is -2.44. The highest BCUT2D eigenvalue weighted by atomic mass is 32.2. The van der Waals surface area contributed by atoms with Gasteiger partial charge in [-0.05, 0) is 81.0 Å². The van der Waals surface area contributed by atoms with Gasteiger partial charge in [-0.25, -0.2) is 13.8 Å². The van der Waals surface area contributed by atoms with Gasteiger partial charge in [-0.3, -0.25) is 4.79 Å². The molecule has 1 aliphatic heterocycles. The van der Waals surface area contributed by atoms with Gasteiger partial charge in [0.1, 0.15) is 0 Å². The Kier molecular flexibility index (Phi) is 6.73. The summed E-state index contributed by atoms with van der Waals surface area (Å²) in [5, 5.41) is 4.11. The van der Waals surface area contributed by atoms with Crippen molar-refractivity contribution in [2.24, 2.45) is 11.0 Å². The minimum absolute atomic E-state index is 0.167. The van der Waals surface area contributed by atoms with Gasteiger partial charge in [0.15, 0.2) is 0 Å². The average Bonchev–Trinajstić information content (AvgIpc) is 2.72. The quantitative estimate of drug-likeness (QED) is 0.586. The van der Waals surface area contributed by atoms with Crippen molar-refractivity contribution in [3.8, 4) is 0 Å². The maximum atomic E-state index is 12.9. The molecule has 1 N–H and O–H groups in total. The van der Waals surface area contributed by atoms with Crippen molar-refractivity contribution in [2.45, 2.75) is 45.4 Å². The predicted molar refractivity (Wildman–Crippen MR) is 119 cm³/mol. The fraction of sp³-hybridized carbons (Fsp3) is 0.391. The molecule has 2 aromatic rings. The zero-order valence-corrected chi connectivity index (χ0v) is 18.8. The van der Waals surface area contributed by atoms with Crippen molar-refractivity contribution in [3.63, 3.8) is 0 Å². The van der Waals surface area contributed by atoms with Gasteiger partial charge < -0.3 is 0 Å². The molecule has 0 aliphatic carbocycles. The number of amides is 1. The number of hydrazone groups is 1. The van der Waals surface area contributed by atoms with Crippen LogP contribution in [0.1, 0.15) is 40.7 Å². The molecule has 7 heteroatoms. The van der Waals surface area contributed by atoms with E-state index in [0.717, 1.165) is 22.3 Å². The molecule has 1 fully saturated rings. The summed E-state index contributed by atoms with van der Waals surface area (Å²) in [6.07, 6.45) is 2.93. The van der Waals surface area contributed by atoms with Crippen molar-refractivity contribution < 1.29 is 13.2 Å². The lowest BCUT2D eigenvalue weighted by Gasteiger charge is -2.30. The van der Waals surface area contributed by atoms with E-state index in [9.17, 15) is 13.2 Å². The molecule has 1 amide bonds. The number of benzene rings is 2. The van der Waals surface area contributed by atoms with Crippen molar-refractivity contribution in [1.82, 2.24) is 9.73 Å². The maximum absolute atomic E-state index is 12.9. The average molecular weight is 428 g/mol. The van der Waals surface area contributed by atoms with E-state index in [-0.39, 0.29) is 17.3 Å². The van der Waals surface area contributed by atoms with E-state index in [1.54, 1.807) is 30.5 Å². The summed E-state index contributed by atoms with van der Waals surface area (Å²) in [6, 6.07) is 10.9. The van der Waals surface area contributed by atoms with Gasteiger partial charge in [0, 0.05) is 13.1 Å². The smallest absolute Gasteiger partial charge is 0.244 e. The molecule has 3 rings (SSSR count). The van der Waals surface area contributed by atoms with Crippen molar-refractivity contribution in [1.29, 1.82) is 0 Å². The minimum Gasteiger partial charge on any atom is -0.273 e. The van der Waals surface area contributed by atoms with E-state index < -0.39 is 15.9 Å². The Hall–Kier alpha value is -2.51. The first-order valence-corrected chi connectivity index (χ1v) is 11.6. The number of hydrogen-bond donors (Lipinski definition) is 1. The van der Waals surface area contributed by atoms with Crippen LogP contribution in [-0.2, 0) is 14.8 Å². The summed E-state index contributed by atoms with van der Waals surface area (Å²) in [5.41, 5.74) is 8.01. The van der Waals surface area contributed by atoms with Crippen molar-refractivity contribution >= 4 is 22.1 Å². The second kappa shape index (κ2) is 9.10. The molecule has 2 aromatic carbocycles. The predicted octanol–water partition coefficient (Wildman–Crippen LogP) is 3.47. The fourth-order valence-electron chi connectivity index (χ4n) is 3.61. The topological polar surface area (TPSA) is 78.8 Å². The van der Waals surface area contributed by atoms with Crippen LogP contribution < -0.4 is 5.43 Å². The number of nitrogens with one attached hydrogen (secondary N) is 1. The molecule has 30 heavy (non-hydrogen) atoms. The zero-order chi connectivity index (χ0) is 21.9. The molecule has 0 spiro atoms. The van der Waals surface area contributed by atoms with E-state index in [0.29, 0.717) is 19.4 Å². The maximum Gasteiger partial charge on any atom is 0.244 e. The summed E-state index contributed by atoms with van der Waals surface area (Å²) >= 11 is 0. The van der Waals surface area contributed by atoms with Crippen LogP contribution in [0.15, 0.2) is 46.4 Å². The Balaban J connectivity index is 1.66. The summed E-state index contributed by atoms with van der Waals surface area (Å²) in [7, 11) is -3.61. The number of rotatable bonds is 5. The number of piperidine rings is 1. The Morgan fingerprint density at radius 2 is 1.73 bits per heavy atom. The second-order valence-electron chi connectivity index (χ2n) is 8.04. The normalized spacial score (nSPS) is 17.9. The van der Waals surface area contributed by atoms with Crippen molar-refractivity contribution in [3.05, 3.63) is 64.2 Å². The standard InChI is InChI=1S/C23H29N3O3S/c1-16-7-9-22(10-8-16)30(28,29)26-11-5-6-20(15-26)23(27)25-24-14-21-13-18(3)17(2)12-19(21)4/h7-10,12-14,20H,5-6,11,15H2,1-4H3,(H,25,27)/b24-14-/t20-/m1/s1. The van der Waals surface area contributed by atoms with E-state index >= 15 is 0 Å². The molecule has 1 aliphatic rings. The SMILES string of the molecule is Cc1ccc(S(=O)(=O)N2CCC[C@@H](C(=O)N/N=C\c3cc(C)c(C)cc3C)C2)cc1. The van der Waals surface area contributed by atoms with Gasteiger partial charge in [0.05, 0.1) is 17.0 Å². The highest BCUT2D eigenvalue weighted by Crippen LogP contribution is 2.24. The molecule has 1 atom stereocenters. The van der Waals surface area contributed by atoms with E-state index in [2.05, 4.69) is 23.5 Å². The highest BCUT2D eigenvalue weighted by Gasteiger charge is 2.33. The first-order valence-electron chi connectivity index (χ1n) is 10.2. The molecule has 1 saturated heterocycles. The minimum atomic E-state index is -3.61. The van der Waals surface area contributed by atoms with E-state index in [1.165, 1.54) is 9.87 Å². The number of aryl methyl sites for hydroxylation is 4. The second-order valence-corrected chi connectivity index (χ2v) is 9.98. The van der Waals surface area contributed by atoms with Crippen LogP contribution >= 0.6 is 0 Å². The molecule has 0 saturated carbocycles. The first-order chi connectivity index (χ1) is 14.2. The van der Waals surface area contributed by atoms with Crippen LogP contribution in [0, 0.1) is 33.6 Å². The van der Waals surface area contributed by atoms with E-state index in [4.69, 9.17) is 0 Å². The van der Waals surface area contributed by atoms with Crippen molar-refractivity contribution in [2.75, 3.05) is 13.1 Å². The number of sulfonamides is 1. The Morgan fingerprint density at radius 3 is 2.43 bits per heavy atom. The lowest BCUT2D eigenvalue weighted by molar-refractivity contribution is -0.126. The molecule has 160 valence electrons. The van der Waals surface area contributed by atoms with Crippen LogP contribution in [0.5, 0.6) is 0 Å². The Labute approximate surface area is 179 Å². The van der Waals surface area contributed by atoms with Gasteiger partial charge in [0.2, 0.25) is 15.9 Å². The van der Waals surface area contributed by atoms with Gasteiger partial charge >= 0.3 is 0 Å². The van der Waals surface area contributed by atoms with Crippen LogP contribution in [0.3, 0.4) is 0 Å².